The third-order valence-electron chi connectivity index (χ3n) is 4.41. The highest BCUT2D eigenvalue weighted by Gasteiger charge is 2.31. The maximum atomic E-state index is 12.9. The number of carbonyl (C=O) groups is 2. The zero-order valence-electron chi connectivity index (χ0n) is 16.0. The fraction of sp³-hybridized carbons (Fsp3) is 0.130. The molecule has 1 amide bonds. The van der Waals surface area contributed by atoms with Gasteiger partial charge in [0, 0.05) is 0 Å². The molecule has 0 unspecified atom stereocenters. The molecule has 0 saturated heterocycles. The van der Waals surface area contributed by atoms with Crippen molar-refractivity contribution in [3.05, 3.63) is 101 Å². The van der Waals surface area contributed by atoms with Crippen LogP contribution in [-0.4, -0.2) is 18.5 Å². The number of hydrogen-bond donors (Lipinski definition) is 1. The molecule has 3 aromatic rings. The number of hydrogen-bond acceptors (Lipinski definition) is 3. The third kappa shape index (κ3) is 5.86. The molecule has 0 fully saturated rings. The lowest BCUT2D eigenvalue weighted by Gasteiger charge is -2.17. The Morgan fingerprint density at radius 1 is 0.903 bits per heavy atom. The lowest BCUT2D eigenvalue weighted by atomic mass is 9.91. The topological polar surface area (TPSA) is 55.4 Å². The summed E-state index contributed by atoms with van der Waals surface area (Å²) < 4.78 is 43.8. The van der Waals surface area contributed by atoms with Crippen molar-refractivity contribution >= 4 is 29.2 Å². The molecule has 0 radical (unpaired) electrons. The fourth-order valence-electron chi connectivity index (χ4n) is 2.96. The van der Waals surface area contributed by atoms with Crippen molar-refractivity contribution in [2.24, 2.45) is 0 Å². The van der Waals surface area contributed by atoms with E-state index >= 15 is 0 Å². The van der Waals surface area contributed by atoms with Crippen LogP contribution in [0.1, 0.15) is 22.6 Å². The lowest BCUT2D eigenvalue weighted by Crippen LogP contribution is -2.24. The summed E-state index contributed by atoms with van der Waals surface area (Å²) in [6, 6.07) is 20.4. The Balaban J connectivity index is 1.71. The average molecular weight is 448 g/mol. The zero-order valence-corrected chi connectivity index (χ0v) is 16.8. The Morgan fingerprint density at radius 3 is 1.97 bits per heavy atom. The number of nitrogens with one attached hydrogen (secondary N) is 1. The second-order valence-electron chi connectivity index (χ2n) is 6.60. The second-order valence-corrected chi connectivity index (χ2v) is 7.01. The molecule has 3 rings (SSSR count). The second kappa shape index (κ2) is 9.66. The van der Waals surface area contributed by atoms with Gasteiger partial charge >= 0.3 is 12.1 Å². The first-order chi connectivity index (χ1) is 14.8. The monoisotopic (exact) mass is 447 g/mol. The Bertz CT molecular complexity index is 1020. The predicted molar refractivity (Wildman–Crippen MR) is 111 cm³/mol. The van der Waals surface area contributed by atoms with Gasteiger partial charge < -0.3 is 10.1 Å². The van der Waals surface area contributed by atoms with E-state index in [4.69, 9.17) is 16.3 Å². The molecule has 0 aliphatic carbocycles. The third-order valence-corrected chi connectivity index (χ3v) is 4.74. The molecule has 0 aliphatic heterocycles. The molecule has 1 N–H and O–H groups in total. The van der Waals surface area contributed by atoms with E-state index in [0.29, 0.717) is 11.1 Å². The largest absolute Gasteiger partial charge is 0.455 e. The number of halogens is 4. The standard InChI is InChI=1S/C23H17ClF3NO3/c24-18-12-11-17(23(25,26)27)13-19(18)28-20(29)14-31-22(30)21(15-7-3-1-4-8-15)16-9-5-2-6-10-16/h1-13,21H,14H2,(H,28,29). The lowest BCUT2D eigenvalue weighted by molar-refractivity contribution is -0.147. The van der Waals surface area contributed by atoms with Crippen LogP contribution in [0, 0.1) is 0 Å². The van der Waals surface area contributed by atoms with Crippen LogP contribution in [-0.2, 0) is 20.5 Å². The summed E-state index contributed by atoms with van der Waals surface area (Å²) in [4.78, 5) is 25.0. The molecule has 0 atom stereocenters. The highest BCUT2D eigenvalue weighted by atomic mass is 35.5. The summed E-state index contributed by atoms with van der Waals surface area (Å²) in [5.74, 6) is -2.23. The molecule has 0 bridgehead atoms. The number of carbonyl (C=O) groups excluding carboxylic acids is 2. The van der Waals surface area contributed by atoms with Gasteiger partial charge in [-0.05, 0) is 29.3 Å². The fourth-order valence-corrected chi connectivity index (χ4v) is 3.12. The summed E-state index contributed by atoms with van der Waals surface area (Å²) in [6.07, 6.45) is -4.59. The molecule has 0 spiro atoms. The normalized spacial score (nSPS) is 11.3. The van der Waals surface area contributed by atoms with Gasteiger partial charge in [-0.15, -0.1) is 0 Å². The van der Waals surface area contributed by atoms with Crippen LogP contribution in [0.4, 0.5) is 18.9 Å². The van der Waals surface area contributed by atoms with Crippen LogP contribution in [0.2, 0.25) is 5.02 Å². The number of rotatable bonds is 6. The summed E-state index contributed by atoms with van der Waals surface area (Å²) in [5, 5.41) is 2.18. The van der Waals surface area contributed by atoms with E-state index in [1.54, 1.807) is 48.5 Å². The minimum atomic E-state index is -4.59. The first-order valence-electron chi connectivity index (χ1n) is 9.19. The van der Waals surface area contributed by atoms with Crippen LogP contribution in [0.3, 0.4) is 0 Å². The molecular formula is C23H17ClF3NO3. The Labute approximate surface area is 181 Å². The number of benzene rings is 3. The molecule has 3 aromatic carbocycles. The molecule has 4 nitrogen and oxygen atoms in total. The molecule has 160 valence electrons. The van der Waals surface area contributed by atoms with Crippen LogP contribution in [0.25, 0.3) is 0 Å². The maximum Gasteiger partial charge on any atom is 0.416 e. The molecule has 31 heavy (non-hydrogen) atoms. The van der Waals surface area contributed by atoms with E-state index in [1.807, 2.05) is 12.1 Å². The van der Waals surface area contributed by atoms with Crippen LogP contribution >= 0.6 is 11.6 Å². The van der Waals surface area contributed by atoms with E-state index in [2.05, 4.69) is 5.32 Å². The van der Waals surface area contributed by atoms with E-state index in [-0.39, 0.29) is 10.7 Å². The van der Waals surface area contributed by atoms with E-state index in [9.17, 15) is 22.8 Å². The van der Waals surface area contributed by atoms with E-state index < -0.39 is 36.1 Å². The number of esters is 1. The van der Waals surface area contributed by atoms with Gasteiger partial charge in [-0.25, -0.2) is 0 Å². The van der Waals surface area contributed by atoms with Crippen molar-refractivity contribution in [1.29, 1.82) is 0 Å². The summed E-state index contributed by atoms with van der Waals surface area (Å²) in [6.45, 7) is -0.679. The van der Waals surface area contributed by atoms with Crippen molar-refractivity contribution < 1.29 is 27.5 Å². The Kier molecular flexibility index (Phi) is 6.97. The van der Waals surface area contributed by atoms with Crippen LogP contribution in [0.5, 0.6) is 0 Å². The van der Waals surface area contributed by atoms with Gasteiger partial charge in [0.25, 0.3) is 5.91 Å². The van der Waals surface area contributed by atoms with Crippen molar-refractivity contribution in [3.8, 4) is 0 Å². The number of amides is 1. The maximum absolute atomic E-state index is 12.9. The Morgan fingerprint density at radius 2 is 1.45 bits per heavy atom. The van der Waals surface area contributed by atoms with Crippen molar-refractivity contribution in [2.45, 2.75) is 12.1 Å². The predicted octanol–water partition coefficient (Wildman–Crippen LogP) is 5.67. The molecule has 0 saturated carbocycles. The van der Waals surface area contributed by atoms with E-state index in [1.165, 1.54) is 0 Å². The van der Waals surface area contributed by atoms with E-state index in [0.717, 1.165) is 18.2 Å². The van der Waals surface area contributed by atoms with Gasteiger partial charge in [-0.3, -0.25) is 9.59 Å². The van der Waals surface area contributed by atoms with Crippen LogP contribution in [0.15, 0.2) is 78.9 Å². The molecule has 0 aromatic heterocycles. The van der Waals surface area contributed by atoms with Gasteiger partial charge in [0.1, 0.15) is 5.92 Å². The van der Waals surface area contributed by atoms with Crippen molar-refractivity contribution in [1.82, 2.24) is 0 Å². The minimum Gasteiger partial charge on any atom is -0.455 e. The summed E-state index contributed by atoms with van der Waals surface area (Å²) in [7, 11) is 0. The number of alkyl halides is 3. The van der Waals surface area contributed by atoms with Gasteiger partial charge in [0.2, 0.25) is 0 Å². The van der Waals surface area contributed by atoms with Gasteiger partial charge in [0.05, 0.1) is 16.3 Å². The first kappa shape index (κ1) is 22.4. The quantitative estimate of drug-likeness (QED) is 0.495. The number of ether oxygens (including phenoxy) is 1. The highest BCUT2D eigenvalue weighted by Crippen LogP contribution is 2.34. The molecule has 0 heterocycles. The first-order valence-corrected chi connectivity index (χ1v) is 9.56. The smallest absolute Gasteiger partial charge is 0.416 e. The average Bonchev–Trinajstić information content (AvgIpc) is 2.75. The van der Waals surface area contributed by atoms with Crippen molar-refractivity contribution in [3.63, 3.8) is 0 Å². The van der Waals surface area contributed by atoms with Gasteiger partial charge in [-0.2, -0.15) is 13.2 Å². The highest BCUT2D eigenvalue weighted by molar-refractivity contribution is 6.33. The minimum absolute atomic E-state index is 0.0703. The summed E-state index contributed by atoms with van der Waals surface area (Å²) >= 11 is 5.87. The molecule has 0 aliphatic rings. The number of anilines is 1. The van der Waals surface area contributed by atoms with Crippen LogP contribution < -0.4 is 5.32 Å². The Hall–Kier alpha value is -3.32. The summed E-state index contributed by atoms with van der Waals surface area (Å²) in [5.41, 5.74) is 0.178. The van der Waals surface area contributed by atoms with Crippen molar-refractivity contribution in [2.75, 3.05) is 11.9 Å². The SMILES string of the molecule is O=C(COC(=O)C(c1ccccc1)c1ccccc1)Nc1cc(C(F)(F)F)ccc1Cl. The molecule has 8 heteroatoms. The van der Waals surface area contributed by atoms with Gasteiger partial charge in [-0.1, -0.05) is 72.3 Å². The molecular weight excluding hydrogens is 431 g/mol. The zero-order chi connectivity index (χ0) is 22.4. The van der Waals surface area contributed by atoms with Gasteiger partial charge in [0.15, 0.2) is 6.61 Å².